The minimum absolute atomic E-state index is 0.00836. The van der Waals surface area contributed by atoms with Crippen LogP contribution >= 0.6 is 0 Å². The molecule has 0 atom stereocenters. The molecule has 170 valence electrons. The first-order valence-corrected chi connectivity index (χ1v) is 10.1. The van der Waals surface area contributed by atoms with Crippen LogP contribution in [0.2, 0.25) is 0 Å². The Bertz CT molecular complexity index is 1210. The number of aromatic nitrogens is 3. The zero-order chi connectivity index (χ0) is 23.2. The molecular weight excluding hydrogens is 434 g/mol. The number of alkyl halides is 2. The van der Waals surface area contributed by atoms with Gasteiger partial charge in [0.15, 0.2) is 6.61 Å². The number of hydrogen-bond acceptors (Lipinski definition) is 6. The van der Waals surface area contributed by atoms with Gasteiger partial charge in [0.2, 0.25) is 0 Å². The fraction of sp³-hybridized carbons (Fsp3) is 0.174. The van der Waals surface area contributed by atoms with Gasteiger partial charge in [0, 0.05) is 12.3 Å². The van der Waals surface area contributed by atoms with Crippen LogP contribution in [0.4, 0.5) is 14.5 Å². The van der Waals surface area contributed by atoms with E-state index in [1.807, 2.05) is 24.3 Å². The molecule has 0 fully saturated rings. The number of aliphatic hydroxyl groups excluding tert-OH is 1. The second-order valence-corrected chi connectivity index (χ2v) is 6.99. The fourth-order valence-corrected chi connectivity index (χ4v) is 3.15. The van der Waals surface area contributed by atoms with Crippen molar-refractivity contribution >= 4 is 22.6 Å². The van der Waals surface area contributed by atoms with E-state index in [0.29, 0.717) is 34.6 Å². The molecule has 0 saturated carbocycles. The number of hydrogen-bond donors (Lipinski definition) is 2. The SMILES string of the molecule is O=C(COc1ccc(CCO)cc1-n1nc2ccccc2n1)Nc1ccc(OC(F)F)cc1. The largest absolute Gasteiger partial charge is 0.481 e. The van der Waals surface area contributed by atoms with E-state index in [1.165, 1.54) is 29.1 Å². The van der Waals surface area contributed by atoms with Gasteiger partial charge in [-0.05, 0) is 60.5 Å². The van der Waals surface area contributed by atoms with Crippen molar-refractivity contribution < 1.29 is 28.2 Å². The summed E-state index contributed by atoms with van der Waals surface area (Å²) in [5.41, 5.74) is 3.19. The van der Waals surface area contributed by atoms with Gasteiger partial charge in [-0.15, -0.1) is 15.0 Å². The third-order valence-electron chi connectivity index (χ3n) is 4.65. The van der Waals surface area contributed by atoms with Crippen molar-refractivity contribution in [1.82, 2.24) is 15.0 Å². The van der Waals surface area contributed by atoms with Gasteiger partial charge in [0.25, 0.3) is 5.91 Å². The Morgan fingerprint density at radius 3 is 2.36 bits per heavy atom. The Morgan fingerprint density at radius 2 is 1.73 bits per heavy atom. The highest BCUT2D eigenvalue weighted by Gasteiger charge is 2.14. The Hall–Kier alpha value is -4.05. The number of nitrogens with one attached hydrogen (secondary N) is 1. The van der Waals surface area contributed by atoms with Crippen LogP contribution in [0.5, 0.6) is 11.5 Å². The lowest BCUT2D eigenvalue weighted by molar-refractivity contribution is -0.118. The second kappa shape index (κ2) is 10.0. The monoisotopic (exact) mass is 454 g/mol. The summed E-state index contributed by atoms with van der Waals surface area (Å²) in [4.78, 5) is 13.8. The minimum Gasteiger partial charge on any atom is -0.481 e. The molecule has 33 heavy (non-hydrogen) atoms. The zero-order valence-electron chi connectivity index (χ0n) is 17.3. The Morgan fingerprint density at radius 1 is 1.03 bits per heavy atom. The number of carbonyl (C=O) groups is 1. The van der Waals surface area contributed by atoms with Gasteiger partial charge in [-0.1, -0.05) is 18.2 Å². The van der Waals surface area contributed by atoms with Crippen LogP contribution < -0.4 is 14.8 Å². The Kier molecular flexibility index (Phi) is 6.75. The normalized spacial score (nSPS) is 11.0. The van der Waals surface area contributed by atoms with Crippen molar-refractivity contribution in [3.05, 3.63) is 72.3 Å². The second-order valence-electron chi connectivity index (χ2n) is 6.99. The lowest BCUT2D eigenvalue weighted by atomic mass is 10.1. The molecular formula is C23H20F2N4O4. The summed E-state index contributed by atoms with van der Waals surface area (Å²) in [5, 5.41) is 20.8. The van der Waals surface area contributed by atoms with E-state index in [-0.39, 0.29) is 19.0 Å². The van der Waals surface area contributed by atoms with Crippen LogP contribution in [0.3, 0.4) is 0 Å². The van der Waals surface area contributed by atoms with Crippen LogP contribution in [0.1, 0.15) is 5.56 Å². The highest BCUT2D eigenvalue weighted by molar-refractivity contribution is 5.92. The van der Waals surface area contributed by atoms with Crippen molar-refractivity contribution in [3.8, 4) is 17.2 Å². The van der Waals surface area contributed by atoms with Crippen LogP contribution in [-0.2, 0) is 11.2 Å². The van der Waals surface area contributed by atoms with E-state index < -0.39 is 12.5 Å². The van der Waals surface area contributed by atoms with Gasteiger partial charge in [-0.2, -0.15) is 8.78 Å². The molecule has 1 aromatic heterocycles. The summed E-state index contributed by atoms with van der Waals surface area (Å²) < 4.78 is 34.5. The highest BCUT2D eigenvalue weighted by atomic mass is 19.3. The highest BCUT2D eigenvalue weighted by Crippen LogP contribution is 2.25. The van der Waals surface area contributed by atoms with E-state index in [4.69, 9.17) is 4.74 Å². The van der Waals surface area contributed by atoms with Gasteiger partial charge in [-0.25, -0.2) is 0 Å². The summed E-state index contributed by atoms with van der Waals surface area (Å²) in [6.07, 6.45) is 0.444. The van der Waals surface area contributed by atoms with Gasteiger partial charge in [-0.3, -0.25) is 4.79 Å². The van der Waals surface area contributed by atoms with E-state index in [0.717, 1.165) is 5.56 Å². The molecule has 0 unspecified atom stereocenters. The van der Waals surface area contributed by atoms with E-state index >= 15 is 0 Å². The average molecular weight is 454 g/mol. The van der Waals surface area contributed by atoms with Crippen LogP contribution in [0.25, 0.3) is 16.7 Å². The summed E-state index contributed by atoms with van der Waals surface area (Å²) >= 11 is 0. The van der Waals surface area contributed by atoms with Gasteiger partial charge >= 0.3 is 6.61 Å². The van der Waals surface area contributed by atoms with E-state index in [2.05, 4.69) is 20.3 Å². The molecule has 0 bridgehead atoms. The number of nitrogens with zero attached hydrogens (tertiary/aromatic N) is 3. The van der Waals surface area contributed by atoms with E-state index in [9.17, 15) is 18.7 Å². The molecule has 0 saturated heterocycles. The standard InChI is InChI=1S/C23H20F2N4O4/c24-23(25)33-17-8-6-16(7-9-17)26-22(31)14-32-21-10-5-15(11-12-30)13-20(21)29-27-18-3-1-2-4-19(18)28-29/h1-10,13,23,30H,11-12,14H2,(H,26,31). The molecule has 0 aliphatic carbocycles. The maximum Gasteiger partial charge on any atom is 0.387 e. The van der Waals surface area contributed by atoms with Gasteiger partial charge < -0.3 is 19.9 Å². The molecule has 1 heterocycles. The zero-order valence-corrected chi connectivity index (χ0v) is 17.3. The number of halogens is 2. The molecule has 0 spiro atoms. The Balaban J connectivity index is 1.48. The molecule has 4 rings (SSSR count). The summed E-state index contributed by atoms with van der Waals surface area (Å²) in [6, 6.07) is 18.2. The van der Waals surface area contributed by atoms with Crippen LogP contribution in [-0.4, -0.2) is 45.8 Å². The maximum atomic E-state index is 12.3. The maximum absolute atomic E-state index is 12.3. The molecule has 8 nitrogen and oxygen atoms in total. The van der Waals surface area contributed by atoms with Crippen molar-refractivity contribution in [2.24, 2.45) is 0 Å². The number of aliphatic hydroxyl groups is 1. The van der Waals surface area contributed by atoms with Crippen molar-refractivity contribution in [2.45, 2.75) is 13.0 Å². The van der Waals surface area contributed by atoms with Crippen molar-refractivity contribution in [3.63, 3.8) is 0 Å². The lowest BCUT2D eigenvalue weighted by Gasteiger charge is -2.13. The number of benzene rings is 3. The minimum atomic E-state index is -2.92. The molecule has 0 radical (unpaired) electrons. The predicted octanol–water partition coefficient (Wildman–Crippen LogP) is 3.57. The number of fused-ring (bicyclic) bond motifs is 1. The quantitative estimate of drug-likeness (QED) is 0.401. The number of rotatable bonds is 9. The summed E-state index contributed by atoms with van der Waals surface area (Å²) in [6.45, 7) is -3.24. The van der Waals surface area contributed by atoms with Gasteiger partial charge in [0.05, 0.1) is 0 Å². The molecule has 0 aliphatic heterocycles. The molecule has 3 aromatic carbocycles. The average Bonchev–Trinajstić information content (AvgIpc) is 3.23. The summed E-state index contributed by atoms with van der Waals surface area (Å²) in [7, 11) is 0. The number of amides is 1. The topological polar surface area (TPSA) is 98.5 Å². The smallest absolute Gasteiger partial charge is 0.387 e. The number of anilines is 1. The lowest BCUT2D eigenvalue weighted by Crippen LogP contribution is -2.20. The third kappa shape index (κ3) is 5.60. The summed E-state index contributed by atoms with van der Waals surface area (Å²) in [5.74, 6) is -0.0692. The van der Waals surface area contributed by atoms with Crippen LogP contribution in [0.15, 0.2) is 66.7 Å². The first-order valence-electron chi connectivity index (χ1n) is 10.1. The van der Waals surface area contributed by atoms with Crippen molar-refractivity contribution in [1.29, 1.82) is 0 Å². The van der Waals surface area contributed by atoms with Gasteiger partial charge in [0.1, 0.15) is 28.2 Å². The molecule has 0 aliphatic rings. The molecule has 4 aromatic rings. The van der Waals surface area contributed by atoms with Crippen LogP contribution in [0, 0.1) is 0 Å². The fourth-order valence-electron chi connectivity index (χ4n) is 3.15. The first-order chi connectivity index (χ1) is 16.0. The van der Waals surface area contributed by atoms with E-state index in [1.54, 1.807) is 18.2 Å². The number of ether oxygens (including phenoxy) is 2. The first kappa shape index (κ1) is 22.2. The third-order valence-corrected chi connectivity index (χ3v) is 4.65. The predicted molar refractivity (Wildman–Crippen MR) is 117 cm³/mol. The molecule has 10 heteroatoms. The Labute approximate surface area is 187 Å². The molecule has 2 N–H and O–H groups in total. The van der Waals surface area contributed by atoms with Crippen molar-refractivity contribution in [2.75, 3.05) is 18.5 Å². The number of carbonyl (C=O) groups excluding carboxylic acids is 1. The molecule has 1 amide bonds.